The lowest BCUT2D eigenvalue weighted by Crippen LogP contribution is -1.94. The van der Waals surface area contributed by atoms with Crippen molar-refractivity contribution in [1.82, 2.24) is 24.5 Å². The molecule has 5 nitrogen and oxygen atoms in total. The number of hydrogen-bond donors (Lipinski definition) is 0. The Morgan fingerprint density at radius 2 is 0.583 bits per heavy atom. The van der Waals surface area contributed by atoms with Gasteiger partial charge in [-0.1, -0.05) is 103 Å². The van der Waals surface area contributed by atoms with Gasteiger partial charge in [0.2, 0.25) is 0 Å². The SMILES string of the molecule is Cc1ccc(-n2c3ccc(-c4cc(-c5ccnc6ccccc56)cc(-c5ccnc6ccccc56)c4)cc3c3cc(-c4cc(-c5ccnc6ccccc56)cc(-c5ccnc6ccccc56)c4)ccc32)cc1. The van der Waals surface area contributed by atoms with Crippen LogP contribution in [0.3, 0.4) is 0 Å². The number of benzene rings is 9. The molecule has 72 heavy (non-hydrogen) atoms. The zero-order valence-corrected chi connectivity index (χ0v) is 39.3. The summed E-state index contributed by atoms with van der Waals surface area (Å²) in [6.07, 6.45) is 7.69. The summed E-state index contributed by atoms with van der Waals surface area (Å²) >= 11 is 0. The number of para-hydroxylation sites is 4. The minimum Gasteiger partial charge on any atom is -0.309 e. The minimum absolute atomic E-state index is 0.971. The fourth-order valence-corrected chi connectivity index (χ4v) is 11.0. The Bertz CT molecular complexity index is 3990. The summed E-state index contributed by atoms with van der Waals surface area (Å²) < 4.78 is 2.42. The zero-order chi connectivity index (χ0) is 47.7. The fraction of sp³-hybridized carbons (Fsp3) is 0.0149. The normalized spacial score (nSPS) is 11.7. The summed E-state index contributed by atoms with van der Waals surface area (Å²) in [6, 6.07) is 79.1. The Balaban J connectivity index is 1.01. The molecule has 5 aromatic heterocycles. The van der Waals surface area contributed by atoms with E-state index in [1.54, 1.807) is 0 Å². The molecule has 5 heteroatoms. The molecule has 9 aromatic carbocycles. The quantitative estimate of drug-likeness (QED) is 0.160. The van der Waals surface area contributed by atoms with E-state index in [4.69, 9.17) is 19.9 Å². The van der Waals surface area contributed by atoms with E-state index in [0.29, 0.717) is 0 Å². The molecular formula is C67H43N5. The molecule has 5 heterocycles. The van der Waals surface area contributed by atoms with E-state index in [1.807, 2.05) is 24.8 Å². The molecule has 14 rings (SSSR count). The number of rotatable bonds is 7. The van der Waals surface area contributed by atoms with Crippen molar-refractivity contribution in [2.24, 2.45) is 0 Å². The molecule has 14 aromatic rings. The van der Waals surface area contributed by atoms with Gasteiger partial charge < -0.3 is 4.57 Å². The first kappa shape index (κ1) is 41.4. The standard InChI is InChI=1S/C67H43N5/c1-42-18-22-51(23-19-42)72-66-24-20-43(45-34-47(52-26-30-68-62-14-6-2-10-56(52)62)38-48(35-45)53-27-31-69-63-15-7-3-11-57(53)63)40-60(66)61-41-44(21-25-67(61)72)46-36-49(54-28-32-70-64-16-8-4-12-58(54)64)39-50(37-46)55-29-33-71-65-17-9-5-13-59(55)65/h2-41H,1H3. The Hall–Kier alpha value is -9.58. The second kappa shape index (κ2) is 16.8. The molecule has 0 bridgehead atoms. The van der Waals surface area contributed by atoms with Crippen molar-refractivity contribution in [3.05, 3.63) is 249 Å². The fourth-order valence-electron chi connectivity index (χ4n) is 11.0. The molecule has 0 saturated heterocycles. The molecular weight excluding hydrogens is 875 g/mol. The summed E-state index contributed by atoms with van der Waals surface area (Å²) in [4.78, 5) is 19.0. The maximum absolute atomic E-state index is 4.74. The maximum Gasteiger partial charge on any atom is 0.0708 e. The lowest BCUT2D eigenvalue weighted by Gasteiger charge is -2.14. The zero-order valence-electron chi connectivity index (χ0n) is 39.3. The Kier molecular flexibility index (Phi) is 9.68. The second-order valence-corrected chi connectivity index (χ2v) is 18.7. The van der Waals surface area contributed by atoms with Gasteiger partial charge >= 0.3 is 0 Å². The van der Waals surface area contributed by atoms with Gasteiger partial charge in [0.05, 0.1) is 33.1 Å². The van der Waals surface area contributed by atoms with Crippen molar-refractivity contribution >= 4 is 65.4 Å². The molecule has 0 N–H and O–H groups in total. The highest BCUT2D eigenvalue weighted by Crippen LogP contribution is 2.43. The van der Waals surface area contributed by atoms with Crippen LogP contribution in [0.25, 0.3) is 138 Å². The number of hydrogen-bond acceptors (Lipinski definition) is 4. The van der Waals surface area contributed by atoms with E-state index in [1.165, 1.54) is 16.3 Å². The van der Waals surface area contributed by atoms with Crippen molar-refractivity contribution < 1.29 is 0 Å². The van der Waals surface area contributed by atoms with Crippen LogP contribution in [0.2, 0.25) is 0 Å². The number of fused-ring (bicyclic) bond motifs is 7. The highest BCUT2D eigenvalue weighted by atomic mass is 15.0. The van der Waals surface area contributed by atoms with Crippen LogP contribution in [0.4, 0.5) is 0 Å². The molecule has 0 amide bonds. The van der Waals surface area contributed by atoms with Gasteiger partial charge in [-0.05, 0) is 195 Å². The largest absolute Gasteiger partial charge is 0.309 e. The number of pyridine rings is 4. The van der Waals surface area contributed by atoms with E-state index in [0.717, 1.165) is 127 Å². The Morgan fingerprint density at radius 3 is 0.931 bits per heavy atom. The molecule has 336 valence electrons. The summed E-state index contributed by atoms with van der Waals surface area (Å²) in [7, 11) is 0. The van der Waals surface area contributed by atoms with E-state index >= 15 is 0 Å². The summed E-state index contributed by atoms with van der Waals surface area (Å²) in [5.41, 5.74) is 22.1. The van der Waals surface area contributed by atoms with E-state index in [9.17, 15) is 0 Å². The molecule has 0 aliphatic rings. The Labute approximate surface area is 416 Å². The first-order valence-corrected chi connectivity index (χ1v) is 24.4. The van der Waals surface area contributed by atoms with Crippen molar-refractivity contribution in [2.75, 3.05) is 0 Å². The molecule has 0 unspecified atom stereocenters. The van der Waals surface area contributed by atoms with Crippen molar-refractivity contribution in [3.8, 4) is 72.4 Å². The van der Waals surface area contributed by atoms with Gasteiger partial charge in [0, 0.05) is 62.8 Å². The predicted octanol–water partition coefficient (Wildman–Crippen LogP) is 17.3. The van der Waals surface area contributed by atoms with Crippen LogP contribution in [0, 0.1) is 6.92 Å². The molecule has 0 spiro atoms. The summed E-state index contributed by atoms with van der Waals surface area (Å²) in [6.45, 7) is 2.14. The number of aryl methyl sites for hydroxylation is 1. The highest BCUT2D eigenvalue weighted by molar-refractivity contribution is 6.12. The molecule has 0 atom stereocenters. The third kappa shape index (κ3) is 7.01. The van der Waals surface area contributed by atoms with Crippen molar-refractivity contribution in [3.63, 3.8) is 0 Å². The first-order valence-electron chi connectivity index (χ1n) is 24.4. The topological polar surface area (TPSA) is 56.5 Å². The number of nitrogens with zero attached hydrogens (tertiary/aromatic N) is 5. The molecule has 0 aliphatic heterocycles. The van der Waals surface area contributed by atoms with Gasteiger partial charge in [-0.2, -0.15) is 0 Å². The van der Waals surface area contributed by atoms with Crippen LogP contribution in [-0.4, -0.2) is 24.5 Å². The lowest BCUT2D eigenvalue weighted by atomic mass is 9.90. The number of aromatic nitrogens is 5. The first-order chi connectivity index (χ1) is 35.6. The molecule has 0 aliphatic carbocycles. The van der Waals surface area contributed by atoms with E-state index in [2.05, 4.69) is 230 Å². The molecule has 0 saturated carbocycles. The van der Waals surface area contributed by atoms with Crippen LogP contribution in [-0.2, 0) is 0 Å². The van der Waals surface area contributed by atoms with Crippen LogP contribution >= 0.6 is 0 Å². The van der Waals surface area contributed by atoms with Gasteiger partial charge in [-0.3, -0.25) is 19.9 Å². The summed E-state index contributed by atoms with van der Waals surface area (Å²) in [5, 5.41) is 6.83. The minimum atomic E-state index is 0.971. The molecule has 0 fully saturated rings. The van der Waals surface area contributed by atoms with E-state index < -0.39 is 0 Å². The smallest absolute Gasteiger partial charge is 0.0708 e. The highest BCUT2D eigenvalue weighted by Gasteiger charge is 2.19. The predicted molar refractivity (Wildman–Crippen MR) is 299 cm³/mol. The van der Waals surface area contributed by atoms with Crippen LogP contribution in [0.15, 0.2) is 243 Å². The van der Waals surface area contributed by atoms with Crippen LogP contribution < -0.4 is 0 Å². The third-order valence-electron chi connectivity index (χ3n) is 14.4. The maximum atomic E-state index is 4.74. The molecule has 0 radical (unpaired) electrons. The van der Waals surface area contributed by atoms with Gasteiger partial charge in [-0.15, -0.1) is 0 Å². The van der Waals surface area contributed by atoms with Crippen molar-refractivity contribution in [1.29, 1.82) is 0 Å². The average Bonchev–Trinajstić information content (AvgIpc) is 3.77. The monoisotopic (exact) mass is 917 g/mol. The van der Waals surface area contributed by atoms with Gasteiger partial charge in [0.15, 0.2) is 0 Å². The van der Waals surface area contributed by atoms with Gasteiger partial charge in [0.25, 0.3) is 0 Å². The van der Waals surface area contributed by atoms with Crippen LogP contribution in [0.1, 0.15) is 5.56 Å². The van der Waals surface area contributed by atoms with Crippen molar-refractivity contribution in [2.45, 2.75) is 6.92 Å². The third-order valence-corrected chi connectivity index (χ3v) is 14.4. The van der Waals surface area contributed by atoms with Gasteiger partial charge in [-0.25, -0.2) is 0 Å². The Morgan fingerprint density at radius 1 is 0.264 bits per heavy atom. The van der Waals surface area contributed by atoms with E-state index in [-0.39, 0.29) is 0 Å². The van der Waals surface area contributed by atoms with Gasteiger partial charge in [0.1, 0.15) is 0 Å². The van der Waals surface area contributed by atoms with Crippen LogP contribution in [0.5, 0.6) is 0 Å². The summed E-state index contributed by atoms with van der Waals surface area (Å²) in [5.74, 6) is 0. The lowest BCUT2D eigenvalue weighted by molar-refractivity contribution is 1.17. The average molecular weight is 918 g/mol. The second-order valence-electron chi connectivity index (χ2n) is 18.7.